The van der Waals surface area contributed by atoms with E-state index in [9.17, 15) is 18.0 Å². The maximum absolute atomic E-state index is 13.0. The van der Waals surface area contributed by atoms with Crippen molar-refractivity contribution in [2.75, 3.05) is 18.4 Å². The Morgan fingerprint density at radius 3 is 2.12 bits per heavy atom. The summed E-state index contributed by atoms with van der Waals surface area (Å²) >= 11 is 0. The zero-order valence-corrected chi connectivity index (χ0v) is 21.2. The first-order chi connectivity index (χ1) is 16.1. The van der Waals surface area contributed by atoms with Crippen molar-refractivity contribution >= 4 is 27.5 Å². The maximum atomic E-state index is 13.0. The normalized spacial score (nSPS) is 16.3. The van der Waals surface area contributed by atoms with E-state index < -0.39 is 16.1 Å². The number of anilines is 1. The highest BCUT2D eigenvalue weighted by Crippen LogP contribution is 2.24. The van der Waals surface area contributed by atoms with Gasteiger partial charge in [-0.3, -0.25) is 9.59 Å². The molecule has 34 heavy (non-hydrogen) atoms. The Hall–Kier alpha value is -2.71. The van der Waals surface area contributed by atoms with Crippen molar-refractivity contribution in [3.8, 4) is 0 Å². The van der Waals surface area contributed by atoms with Gasteiger partial charge in [0.1, 0.15) is 6.04 Å². The van der Waals surface area contributed by atoms with Crippen LogP contribution in [0.3, 0.4) is 0 Å². The molecule has 0 bridgehead atoms. The number of carbonyl (C=O) groups excluding carboxylic acids is 2. The number of rotatable bonds is 8. The highest BCUT2D eigenvalue weighted by molar-refractivity contribution is 7.89. The molecule has 1 aliphatic heterocycles. The second-order valence-electron chi connectivity index (χ2n) is 9.26. The third kappa shape index (κ3) is 6.24. The molecule has 0 radical (unpaired) electrons. The zero-order valence-electron chi connectivity index (χ0n) is 20.4. The Kier molecular flexibility index (Phi) is 8.49. The van der Waals surface area contributed by atoms with Crippen LogP contribution < -0.4 is 10.6 Å². The first kappa shape index (κ1) is 25.9. The number of aryl methyl sites for hydroxylation is 2. The van der Waals surface area contributed by atoms with Gasteiger partial charge in [-0.05, 0) is 61.9 Å². The fraction of sp³-hybridized carbons (Fsp3) is 0.462. The highest BCUT2D eigenvalue weighted by atomic mass is 32.2. The number of piperidine rings is 1. The molecule has 3 rings (SSSR count). The first-order valence-corrected chi connectivity index (χ1v) is 13.3. The predicted molar refractivity (Wildman–Crippen MR) is 134 cm³/mol. The molecule has 0 aliphatic carbocycles. The Bertz CT molecular complexity index is 1090. The van der Waals surface area contributed by atoms with Crippen LogP contribution in [0, 0.1) is 18.8 Å². The lowest BCUT2D eigenvalue weighted by molar-refractivity contribution is -0.130. The molecule has 2 amide bonds. The van der Waals surface area contributed by atoms with E-state index in [0.29, 0.717) is 18.5 Å². The Morgan fingerprint density at radius 1 is 1.00 bits per heavy atom. The number of benzene rings is 2. The van der Waals surface area contributed by atoms with Crippen molar-refractivity contribution < 1.29 is 18.0 Å². The number of nitrogens with one attached hydrogen (secondary N) is 2. The SMILES string of the molecule is CCc1ccc(NC(=O)[C@H](NC(=O)C2CCN(S(=O)(=O)c3ccc(C)cc3)CC2)C(C)C)cc1. The average molecular weight is 486 g/mol. The number of sulfonamides is 1. The van der Waals surface area contributed by atoms with Crippen LogP contribution in [0.2, 0.25) is 0 Å². The van der Waals surface area contributed by atoms with Gasteiger partial charge >= 0.3 is 0 Å². The molecular formula is C26H35N3O4S. The van der Waals surface area contributed by atoms with Crippen LogP contribution in [0.4, 0.5) is 5.69 Å². The van der Waals surface area contributed by atoms with E-state index in [1.54, 1.807) is 24.3 Å². The number of carbonyl (C=O) groups is 2. The number of hydrogen-bond acceptors (Lipinski definition) is 4. The minimum atomic E-state index is -3.58. The molecule has 7 nitrogen and oxygen atoms in total. The van der Waals surface area contributed by atoms with Gasteiger partial charge in [0, 0.05) is 24.7 Å². The minimum absolute atomic E-state index is 0.0964. The molecule has 1 fully saturated rings. The maximum Gasteiger partial charge on any atom is 0.247 e. The summed E-state index contributed by atoms with van der Waals surface area (Å²) in [5, 5.41) is 5.79. The van der Waals surface area contributed by atoms with Crippen molar-refractivity contribution in [1.29, 1.82) is 0 Å². The van der Waals surface area contributed by atoms with Gasteiger partial charge in [-0.1, -0.05) is 50.6 Å². The van der Waals surface area contributed by atoms with Crippen molar-refractivity contribution in [2.24, 2.45) is 11.8 Å². The summed E-state index contributed by atoms with van der Waals surface area (Å²) in [6.07, 6.45) is 1.76. The summed E-state index contributed by atoms with van der Waals surface area (Å²) in [4.78, 5) is 26.1. The van der Waals surface area contributed by atoms with E-state index in [1.165, 1.54) is 9.87 Å². The fourth-order valence-electron chi connectivity index (χ4n) is 4.07. The van der Waals surface area contributed by atoms with Crippen molar-refractivity contribution in [3.05, 3.63) is 59.7 Å². The smallest absolute Gasteiger partial charge is 0.247 e. The lowest BCUT2D eigenvalue weighted by atomic mass is 9.95. The average Bonchev–Trinajstić information content (AvgIpc) is 2.83. The molecule has 8 heteroatoms. The Morgan fingerprint density at radius 2 is 1.59 bits per heavy atom. The molecule has 2 N–H and O–H groups in total. The molecule has 1 saturated heterocycles. The van der Waals surface area contributed by atoms with E-state index in [4.69, 9.17) is 0 Å². The van der Waals surface area contributed by atoms with Crippen LogP contribution >= 0.6 is 0 Å². The van der Waals surface area contributed by atoms with Gasteiger partial charge in [0.15, 0.2) is 0 Å². The van der Waals surface area contributed by atoms with E-state index in [2.05, 4.69) is 17.6 Å². The van der Waals surface area contributed by atoms with Gasteiger partial charge in [-0.25, -0.2) is 8.42 Å². The lowest BCUT2D eigenvalue weighted by Gasteiger charge is -2.32. The standard InChI is InChI=1S/C26H35N3O4S/c1-5-20-8-10-22(11-9-20)27-26(31)24(18(2)3)28-25(30)21-14-16-29(17-15-21)34(32,33)23-12-6-19(4)7-13-23/h6-13,18,21,24H,5,14-17H2,1-4H3,(H,27,31)(H,28,30)/t24-/m1/s1. The second kappa shape index (κ2) is 11.1. The number of hydrogen-bond donors (Lipinski definition) is 2. The summed E-state index contributed by atoms with van der Waals surface area (Å²) in [6.45, 7) is 8.31. The number of amides is 2. The third-order valence-electron chi connectivity index (χ3n) is 6.36. The van der Waals surface area contributed by atoms with Crippen LogP contribution in [0.1, 0.15) is 44.7 Å². The molecule has 184 valence electrons. The molecule has 0 saturated carbocycles. The molecule has 1 aliphatic rings. The largest absolute Gasteiger partial charge is 0.344 e. The molecule has 1 atom stereocenters. The van der Waals surface area contributed by atoms with Gasteiger partial charge < -0.3 is 10.6 Å². The zero-order chi connectivity index (χ0) is 24.9. The van der Waals surface area contributed by atoms with Crippen molar-refractivity contribution in [2.45, 2.75) is 57.9 Å². The quantitative estimate of drug-likeness (QED) is 0.595. The lowest BCUT2D eigenvalue weighted by Crippen LogP contribution is -2.50. The summed E-state index contributed by atoms with van der Waals surface area (Å²) in [5.41, 5.74) is 2.87. The monoisotopic (exact) mass is 485 g/mol. The fourth-order valence-corrected chi connectivity index (χ4v) is 5.54. The van der Waals surface area contributed by atoms with E-state index >= 15 is 0 Å². The van der Waals surface area contributed by atoms with Crippen LogP contribution in [0.15, 0.2) is 53.4 Å². The minimum Gasteiger partial charge on any atom is -0.344 e. The molecule has 0 unspecified atom stereocenters. The van der Waals surface area contributed by atoms with Crippen LogP contribution in [0.25, 0.3) is 0 Å². The van der Waals surface area contributed by atoms with Gasteiger partial charge in [-0.2, -0.15) is 4.31 Å². The molecule has 0 spiro atoms. The summed E-state index contributed by atoms with van der Waals surface area (Å²) in [5.74, 6) is -0.891. The van der Waals surface area contributed by atoms with Crippen LogP contribution in [0.5, 0.6) is 0 Å². The molecule has 0 aromatic heterocycles. The van der Waals surface area contributed by atoms with E-state index in [0.717, 1.165) is 12.0 Å². The third-order valence-corrected chi connectivity index (χ3v) is 8.27. The van der Waals surface area contributed by atoms with Crippen LogP contribution in [-0.4, -0.2) is 43.7 Å². The summed E-state index contributed by atoms with van der Waals surface area (Å²) in [7, 11) is -3.58. The van der Waals surface area contributed by atoms with Crippen LogP contribution in [-0.2, 0) is 26.0 Å². The Balaban J connectivity index is 1.58. The van der Waals surface area contributed by atoms with Crippen molar-refractivity contribution in [3.63, 3.8) is 0 Å². The van der Waals surface area contributed by atoms with Crippen molar-refractivity contribution in [1.82, 2.24) is 9.62 Å². The van der Waals surface area contributed by atoms with Gasteiger partial charge in [0.2, 0.25) is 21.8 Å². The van der Waals surface area contributed by atoms with E-state index in [1.807, 2.05) is 45.0 Å². The van der Waals surface area contributed by atoms with Gasteiger partial charge in [0.25, 0.3) is 0 Å². The topological polar surface area (TPSA) is 95.6 Å². The molecular weight excluding hydrogens is 450 g/mol. The predicted octanol–water partition coefficient (Wildman–Crippen LogP) is 3.74. The van der Waals surface area contributed by atoms with Gasteiger partial charge in [0.05, 0.1) is 4.90 Å². The van der Waals surface area contributed by atoms with E-state index in [-0.39, 0.29) is 41.6 Å². The summed E-state index contributed by atoms with van der Waals surface area (Å²) in [6, 6.07) is 13.8. The molecule has 1 heterocycles. The number of nitrogens with zero attached hydrogens (tertiary/aromatic N) is 1. The first-order valence-electron chi connectivity index (χ1n) is 11.9. The Labute approximate surface area is 203 Å². The molecule has 2 aromatic rings. The second-order valence-corrected chi connectivity index (χ2v) is 11.2. The highest BCUT2D eigenvalue weighted by Gasteiger charge is 2.34. The molecule has 2 aromatic carbocycles. The summed E-state index contributed by atoms with van der Waals surface area (Å²) < 4.78 is 27.3. The van der Waals surface area contributed by atoms with Gasteiger partial charge in [-0.15, -0.1) is 0 Å².